The van der Waals surface area contributed by atoms with E-state index in [1.165, 1.54) is 11.1 Å². The molecule has 0 amide bonds. The first-order valence-electron chi connectivity index (χ1n) is 13.1. The van der Waals surface area contributed by atoms with E-state index in [1.54, 1.807) is 46.9 Å². The number of hydrogen-bond donors (Lipinski definition) is 0. The molecule has 8 rings (SSSR count). The van der Waals surface area contributed by atoms with Crippen LogP contribution in [0, 0.1) is 0 Å². The average molecular weight is 668 g/mol. The fourth-order valence-electron chi connectivity index (χ4n) is 5.95. The lowest BCUT2D eigenvalue weighted by Crippen LogP contribution is -2.11. The van der Waals surface area contributed by atoms with E-state index in [1.807, 2.05) is 21.5 Å². The van der Waals surface area contributed by atoms with Crippen molar-refractivity contribution in [1.82, 2.24) is 19.6 Å². The minimum Gasteiger partial charge on any atom is -0.299 e. The summed E-state index contributed by atoms with van der Waals surface area (Å²) < 4.78 is 3.73. The van der Waals surface area contributed by atoms with Crippen LogP contribution in [-0.2, 0) is 30.5 Å². The van der Waals surface area contributed by atoms with E-state index in [4.69, 9.17) is 56.6 Å². The first-order valence-corrected chi connectivity index (χ1v) is 16.4. The van der Waals surface area contributed by atoms with Crippen molar-refractivity contribution in [3.8, 4) is 32.5 Å². The summed E-state index contributed by atoms with van der Waals surface area (Å²) in [6, 6.07) is 15.0. The second-order valence-electron chi connectivity index (χ2n) is 10.4. The Morgan fingerprint density at radius 2 is 1.14 bits per heavy atom. The number of ketones is 1. The number of halogens is 4. The van der Waals surface area contributed by atoms with Gasteiger partial charge in [-0.3, -0.25) is 4.79 Å². The number of carbonyl (C=O) groups is 1. The molecule has 0 atom stereocenters. The van der Waals surface area contributed by atoms with Crippen LogP contribution in [0.15, 0.2) is 59.3 Å². The lowest BCUT2D eigenvalue weighted by Gasteiger charge is -2.08. The van der Waals surface area contributed by atoms with Gasteiger partial charge < -0.3 is 0 Å². The third kappa shape index (κ3) is 4.21. The van der Waals surface area contributed by atoms with Crippen LogP contribution in [0.1, 0.15) is 33.6 Å². The van der Waals surface area contributed by atoms with Crippen LogP contribution in [0.5, 0.6) is 0 Å². The highest BCUT2D eigenvalue weighted by Gasteiger charge is 2.33. The molecule has 2 aromatic carbocycles. The molecule has 0 radical (unpaired) electrons. The van der Waals surface area contributed by atoms with Gasteiger partial charge in [0.15, 0.2) is 0 Å². The predicted molar refractivity (Wildman–Crippen MR) is 172 cm³/mol. The maximum absolute atomic E-state index is 13.7. The maximum atomic E-state index is 13.7. The number of fused-ring (bicyclic) bond motifs is 6. The second kappa shape index (κ2) is 10.1. The van der Waals surface area contributed by atoms with Crippen molar-refractivity contribution in [1.29, 1.82) is 0 Å². The van der Waals surface area contributed by atoms with Gasteiger partial charge in [-0.25, -0.2) is 9.36 Å². The molecule has 0 saturated heterocycles. The highest BCUT2D eigenvalue weighted by Crippen LogP contribution is 2.46. The molecular weight excluding hydrogens is 650 g/mol. The topological polar surface area (TPSA) is 52.7 Å². The van der Waals surface area contributed by atoms with Crippen molar-refractivity contribution >= 4 is 74.9 Å². The average Bonchev–Trinajstić information content (AvgIpc) is 3.75. The van der Waals surface area contributed by atoms with Gasteiger partial charge in [-0.05, 0) is 70.4 Å². The summed E-state index contributed by atoms with van der Waals surface area (Å²) in [6.45, 7) is 0. The van der Waals surface area contributed by atoms with E-state index in [-0.39, 0.29) is 18.6 Å². The number of rotatable bonds is 6. The first kappa shape index (κ1) is 26.7. The molecule has 2 aliphatic rings. The molecule has 4 aromatic heterocycles. The molecule has 0 bridgehead atoms. The highest BCUT2D eigenvalue weighted by atomic mass is 35.5. The number of benzene rings is 2. The second-order valence-corrected chi connectivity index (χ2v) is 13.9. The van der Waals surface area contributed by atoms with Crippen molar-refractivity contribution in [2.24, 2.45) is 0 Å². The summed E-state index contributed by atoms with van der Waals surface area (Å²) in [7, 11) is 0. The zero-order chi connectivity index (χ0) is 28.7. The highest BCUT2D eigenvalue weighted by molar-refractivity contribution is 7.14. The zero-order valence-corrected chi connectivity index (χ0v) is 26.3. The molecule has 5 nitrogen and oxygen atoms in total. The van der Waals surface area contributed by atoms with Crippen LogP contribution in [0.3, 0.4) is 0 Å². The molecule has 0 spiro atoms. The predicted octanol–water partition coefficient (Wildman–Crippen LogP) is 9.29. The summed E-state index contributed by atoms with van der Waals surface area (Å²) in [6.07, 6.45) is 1.86. The van der Waals surface area contributed by atoms with Crippen LogP contribution >= 0.6 is 69.1 Å². The normalized spacial score (nSPS) is 12.9. The minimum atomic E-state index is 0.0461. The summed E-state index contributed by atoms with van der Waals surface area (Å²) in [5.41, 5.74) is 9.62. The number of nitrogens with zero attached hydrogens (tertiary/aromatic N) is 4. The summed E-state index contributed by atoms with van der Waals surface area (Å²) in [5.74, 6) is 0.0461. The van der Waals surface area contributed by atoms with Crippen LogP contribution in [0.2, 0.25) is 20.1 Å². The Bertz CT molecular complexity index is 1940. The van der Waals surface area contributed by atoms with Crippen LogP contribution in [0.25, 0.3) is 32.5 Å². The van der Waals surface area contributed by atoms with Crippen LogP contribution < -0.4 is 0 Å². The molecule has 2 aliphatic carbocycles. The molecular formula is C31H18Cl4N4OS2. The van der Waals surface area contributed by atoms with Gasteiger partial charge in [0, 0.05) is 34.0 Å². The number of Topliss-reactive ketones (excluding diaryl/α,β-unsaturated/α-hetero) is 1. The summed E-state index contributed by atoms with van der Waals surface area (Å²) in [5, 5.41) is 16.2. The maximum Gasteiger partial charge on any atom is 0.144 e. The molecule has 4 heterocycles. The third-order valence-electron chi connectivity index (χ3n) is 7.80. The minimum absolute atomic E-state index is 0.0461. The first-order chi connectivity index (χ1) is 20.4. The largest absolute Gasteiger partial charge is 0.299 e. The van der Waals surface area contributed by atoms with Gasteiger partial charge in [0.05, 0.1) is 66.8 Å². The Morgan fingerprint density at radius 3 is 1.57 bits per heavy atom. The van der Waals surface area contributed by atoms with E-state index >= 15 is 0 Å². The number of hydrogen-bond acceptors (Lipinski definition) is 5. The van der Waals surface area contributed by atoms with Crippen molar-refractivity contribution < 1.29 is 4.79 Å². The molecule has 6 aromatic rings. The molecule has 0 N–H and O–H groups in total. The van der Waals surface area contributed by atoms with Crippen molar-refractivity contribution in [3.05, 3.63) is 113 Å². The molecule has 0 fully saturated rings. The molecule has 0 aliphatic heterocycles. The molecule has 42 heavy (non-hydrogen) atoms. The van der Waals surface area contributed by atoms with Crippen molar-refractivity contribution in [2.45, 2.75) is 25.7 Å². The SMILES string of the molecule is O=C(Cc1nn(-c2ccc(Cl)cc2Cl)c2c1Cc1ccsc1-2)Cc1nn(-c2ccc(Cl)cc2Cl)c2c1Cc1ccsc1-2. The van der Waals surface area contributed by atoms with Gasteiger partial charge in [0.1, 0.15) is 5.78 Å². The molecule has 208 valence electrons. The molecule has 0 unspecified atom stereocenters. The van der Waals surface area contributed by atoms with E-state index in [9.17, 15) is 4.79 Å². The number of carbonyl (C=O) groups excluding carboxylic acids is 1. The standard InChI is InChI=1S/C31H18Cl4N4OS2/c32-17-1-3-26(22(34)11-17)38-28-20(9-15-5-7-41-30(15)28)24(36-38)13-19(40)14-25-21-10-16-6-8-42-31(16)29(21)39(37-25)27-4-2-18(33)12-23(27)35/h1-8,11-12H,9-10,13-14H2. The Kier molecular flexibility index (Phi) is 6.41. The summed E-state index contributed by atoms with van der Waals surface area (Å²) >= 11 is 28.9. The molecule has 11 heteroatoms. The Labute approximate surface area is 268 Å². The van der Waals surface area contributed by atoms with Gasteiger partial charge >= 0.3 is 0 Å². The fourth-order valence-corrected chi connectivity index (χ4v) is 8.89. The molecule has 0 saturated carbocycles. The monoisotopic (exact) mass is 666 g/mol. The summed E-state index contributed by atoms with van der Waals surface area (Å²) in [4.78, 5) is 16.1. The Morgan fingerprint density at radius 1 is 0.690 bits per heavy atom. The number of thiophene rings is 2. The lowest BCUT2D eigenvalue weighted by molar-refractivity contribution is -0.117. The fraction of sp³-hybridized carbons (Fsp3) is 0.129. The smallest absolute Gasteiger partial charge is 0.144 e. The lowest BCUT2D eigenvalue weighted by atomic mass is 10.0. The van der Waals surface area contributed by atoms with Gasteiger partial charge in [0.25, 0.3) is 0 Å². The van der Waals surface area contributed by atoms with E-state index in [0.29, 0.717) is 20.1 Å². The third-order valence-corrected chi connectivity index (χ3v) is 10.8. The Hall–Kier alpha value is -2.91. The Balaban J connectivity index is 1.16. The van der Waals surface area contributed by atoms with E-state index in [0.717, 1.165) is 67.9 Å². The quantitative estimate of drug-likeness (QED) is 0.178. The van der Waals surface area contributed by atoms with Crippen LogP contribution in [0.4, 0.5) is 0 Å². The van der Waals surface area contributed by atoms with Gasteiger partial charge in [-0.2, -0.15) is 10.2 Å². The van der Waals surface area contributed by atoms with Crippen molar-refractivity contribution in [3.63, 3.8) is 0 Å². The van der Waals surface area contributed by atoms with E-state index < -0.39 is 0 Å². The van der Waals surface area contributed by atoms with Gasteiger partial charge in [-0.15, -0.1) is 22.7 Å². The van der Waals surface area contributed by atoms with E-state index in [2.05, 4.69) is 22.9 Å². The van der Waals surface area contributed by atoms with Gasteiger partial charge in [-0.1, -0.05) is 46.4 Å². The zero-order valence-electron chi connectivity index (χ0n) is 21.6. The number of aromatic nitrogens is 4. The van der Waals surface area contributed by atoms with Gasteiger partial charge in [0.2, 0.25) is 0 Å². The van der Waals surface area contributed by atoms with Crippen molar-refractivity contribution in [2.75, 3.05) is 0 Å². The van der Waals surface area contributed by atoms with Crippen LogP contribution in [-0.4, -0.2) is 25.3 Å².